The molecule has 0 aromatic heterocycles. The number of carbonyl (C=O) groups excluding carboxylic acids is 2. The maximum absolute atomic E-state index is 13.2. The number of hydrogen-bond donors (Lipinski definition) is 1. The molecule has 2 aromatic carbocycles. The van der Waals surface area contributed by atoms with Crippen molar-refractivity contribution in [2.75, 3.05) is 19.5 Å². The summed E-state index contributed by atoms with van der Waals surface area (Å²) in [5.74, 6) is 0.702. The molecule has 29 heavy (non-hydrogen) atoms. The number of amides is 2. The summed E-state index contributed by atoms with van der Waals surface area (Å²) in [5, 5.41) is 3.24. The molecule has 1 N–H and O–H groups in total. The number of hydrogen-bond acceptors (Lipinski definition) is 4. The molecule has 0 radical (unpaired) electrons. The molecule has 1 atom stereocenters. The van der Waals surface area contributed by atoms with Crippen LogP contribution in [0.5, 0.6) is 11.5 Å². The van der Waals surface area contributed by atoms with Gasteiger partial charge >= 0.3 is 0 Å². The summed E-state index contributed by atoms with van der Waals surface area (Å²) in [6.45, 7) is 4.47. The van der Waals surface area contributed by atoms with Gasteiger partial charge in [-0.3, -0.25) is 9.59 Å². The highest BCUT2D eigenvalue weighted by atomic mass is 35.5. The second-order valence-electron chi connectivity index (χ2n) is 7.41. The number of benzene rings is 2. The number of anilines is 1. The second-order valence-corrected chi connectivity index (χ2v) is 7.82. The first-order chi connectivity index (χ1) is 13.8. The smallest absolute Gasteiger partial charge is 0.255 e. The Morgan fingerprint density at radius 3 is 2.48 bits per heavy atom. The number of rotatable bonds is 7. The van der Waals surface area contributed by atoms with Gasteiger partial charge < -0.3 is 19.7 Å². The minimum absolute atomic E-state index is 0.124. The van der Waals surface area contributed by atoms with E-state index in [2.05, 4.69) is 5.32 Å². The molecule has 1 aliphatic rings. The summed E-state index contributed by atoms with van der Waals surface area (Å²) in [6.07, 6.45) is 0.539. The molecule has 7 heteroatoms. The van der Waals surface area contributed by atoms with E-state index in [0.717, 1.165) is 5.56 Å². The zero-order valence-corrected chi connectivity index (χ0v) is 17.7. The van der Waals surface area contributed by atoms with Crippen molar-refractivity contribution >= 4 is 29.1 Å². The Morgan fingerprint density at radius 1 is 1.17 bits per heavy atom. The van der Waals surface area contributed by atoms with E-state index in [1.807, 2.05) is 32.0 Å². The zero-order chi connectivity index (χ0) is 21.1. The Hall–Kier alpha value is -2.73. The van der Waals surface area contributed by atoms with Crippen LogP contribution in [0, 0.1) is 5.92 Å². The largest absolute Gasteiger partial charge is 0.495 e. The Morgan fingerprint density at radius 2 is 1.86 bits per heavy atom. The highest BCUT2D eigenvalue weighted by Crippen LogP contribution is 2.36. The molecule has 0 bridgehead atoms. The molecular weight excluding hydrogens is 392 g/mol. The van der Waals surface area contributed by atoms with Crippen molar-refractivity contribution in [2.24, 2.45) is 5.92 Å². The molecule has 2 aromatic rings. The average Bonchev–Trinajstić information content (AvgIpc) is 3.03. The van der Waals surface area contributed by atoms with Gasteiger partial charge in [-0.2, -0.15) is 0 Å². The predicted molar refractivity (Wildman–Crippen MR) is 113 cm³/mol. The van der Waals surface area contributed by atoms with Crippen molar-refractivity contribution in [3.8, 4) is 11.5 Å². The first kappa shape index (κ1) is 21.0. The Bertz CT molecular complexity index is 929. The molecule has 3 rings (SSSR count). The third kappa shape index (κ3) is 4.32. The van der Waals surface area contributed by atoms with Crippen LogP contribution in [0.25, 0.3) is 0 Å². The van der Waals surface area contributed by atoms with Crippen molar-refractivity contribution in [1.29, 1.82) is 0 Å². The molecule has 0 saturated heterocycles. The van der Waals surface area contributed by atoms with Crippen molar-refractivity contribution in [2.45, 2.75) is 32.9 Å². The van der Waals surface area contributed by atoms with Crippen LogP contribution in [-0.4, -0.2) is 37.0 Å². The number of nitrogens with one attached hydrogen (secondary N) is 1. The van der Waals surface area contributed by atoms with Gasteiger partial charge in [0.05, 0.1) is 24.9 Å². The first-order valence-electron chi connectivity index (χ1n) is 9.47. The molecule has 1 unspecified atom stereocenters. The van der Waals surface area contributed by atoms with E-state index in [9.17, 15) is 9.59 Å². The third-order valence-corrected chi connectivity index (χ3v) is 5.25. The minimum Gasteiger partial charge on any atom is -0.495 e. The molecule has 6 nitrogen and oxygen atoms in total. The average molecular weight is 417 g/mol. The van der Waals surface area contributed by atoms with E-state index >= 15 is 0 Å². The van der Waals surface area contributed by atoms with E-state index in [-0.39, 0.29) is 17.7 Å². The van der Waals surface area contributed by atoms with Gasteiger partial charge in [0, 0.05) is 18.2 Å². The fourth-order valence-corrected chi connectivity index (χ4v) is 3.77. The SMILES string of the molecule is COc1cc(OC)c(NC(=O)C(CC(C)C)N2Cc3ccccc3C2=O)cc1Cl. The molecule has 2 amide bonds. The Labute approximate surface area is 175 Å². The summed E-state index contributed by atoms with van der Waals surface area (Å²) in [7, 11) is 3.01. The number of carbonyl (C=O) groups is 2. The van der Waals surface area contributed by atoms with Crippen LogP contribution in [0.4, 0.5) is 5.69 Å². The number of fused-ring (bicyclic) bond motifs is 1. The maximum Gasteiger partial charge on any atom is 0.255 e. The van der Waals surface area contributed by atoms with E-state index in [1.54, 1.807) is 23.1 Å². The minimum atomic E-state index is -0.611. The normalized spacial score (nSPS) is 14.0. The lowest BCUT2D eigenvalue weighted by atomic mass is 10.0. The van der Waals surface area contributed by atoms with Gasteiger partial charge in [0.25, 0.3) is 5.91 Å². The van der Waals surface area contributed by atoms with Crippen molar-refractivity contribution in [3.63, 3.8) is 0 Å². The molecule has 0 aliphatic carbocycles. The topological polar surface area (TPSA) is 67.9 Å². The highest BCUT2D eigenvalue weighted by molar-refractivity contribution is 6.32. The predicted octanol–water partition coefficient (Wildman–Crippen LogP) is 4.37. The Kier molecular flexibility index (Phi) is 6.33. The highest BCUT2D eigenvalue weighted by Gasteiger charge is 2.36. The summed E-state index contributed by atoms with van der Waals surface area (Å²) >= 11 is 6.22. The van der Waals surface area contributed by atoms with Crippen LogP contribution in [0.1, 0.15) is 36.2 Å². The molecule has 0 spiro atoms. The van der Waals surface area contributed by atoms with Gasteiger partial charge in [0.2, 0.25) is 5.91 Å². The van der Waals surface area contributed by atoms with Gasteiger partial charge in [0.15, 0.2) is 0 Å². The molecule has 1 heterocycles. The molecule has 154 valence electrons. The summed E-state index contributed by atoms with van der Waals surface area (Å²) in [4.78, 5) is 27.8. The quantitative estimate of drug-likeness (QED) is 0.727. The number of methoxy groups -OCH3 is 2. The third-order valence-electron chi connectivity index (χ3n) is 4.95. The monoisotopic (exact) mass is 416 g/mol. The van der Waals surface area contributed by atoms with Gasteiger partial charge in [0.1, 0.15) is 17.5 Å². The maximum atomic E-state index is 13.2. The van der Waals surface area contributed by atoms with Crippen LogP contribution in [-0.2, 0) is 11.3 Å². The van der Waals surface area contributed by atoms with Crippen LogP contribution >= 0.6 is 11.6 Å². The Balaban J connectivity index is 1.88. The summed E-state index contributed by atoms with van der Waals surface area (Å²) in [6, 6.07) is 10.0. The molecule has 0 fully saturated rings. The van der Waals surface area contributed by atoms with E-state index < -0.39 is 6.04 Å². The van der Waals surface area contributed by atoms with Crippen LogP contribution in [0.15, 0.2) is 36.4 Å². The molecular formula is C22H25ClN2O4. The molecule has 0 saturated carbocycles. The van der Waals surface area contributed by atoms with Gasteiger partial charge in [-0.1, -0.05) is 43.6 Å². The lowest BCUT2D eigenvalue weighted by Gasteiger charge is -2.28. The fourth-order valence-electron chi connectivity index (χ4n) is 3.52. The van der Waals surface area contributed by atoms with Crippen LogP contribution in [0.3, 0.4) is 0 Å². The van der Waals surface area contributed by atoms with E-state index in [1.165, 1.54) is 14.2 Å². The van der Waals surface area contributed by atoms with Gasteiger partial charge in [-0.25, -0.2) is 0 Å². The zero-order valence-electron chi connectivity index (χ0n) is 17.0. The van der Waals surface area contributed by atoms with Gasteiger partial charge in [-0.15, -0.1) is 0 Å². The number of nitrogens with zero attached hydrogens (tertiary/aromatic N) is 1. The van der Waals surface area contributed by atoms with Gasteiger partial charge in [-0.05, 0) is 30.0 Å². The van der Waals surface area contributed by atoms with E-state index in [0.29, 0.717) is 40.7 Å². The summed E-state index contributed by atoms with van der Waals surface area (Å²) < 4.78 is 10.6. The lowest BCUT2D eigenvalue weighted by molar-refractivity contribution is -0.121. The molecule has 1 aliphatic heterocycles. The summed E-state index contributed by atoms with van der Waals surface area (Å²) in [5.41, 5.74) is 2.02. The first-order valence-corrected chi connectivity index (χ1v) is 9.84. The van der Waals surface area contributed by atoms with Crippen molar-refractivity contribution < 1.29 is 19.1 Å². The fraction of sp³-hybridized carbons (Fsp3) is 0.364. The number of halogens is 1. The van der Waals surface area contributed by atoms with Crippen molar-refractivity contribution in [1.82, 2.24) is 4.90 Å². The van der Waals surface area contributed by atoms with Crippen LogP contribution in [0.2, 0.25) is 5.02 Å². The van der Waals surface area contributed by atoms with E-state index in [4.69, 9.17) is 21.1 Å². The van der Waals surface area contributed by atoms with Crippen LogP contribution < -0.4 is 14.8 Å². The standard InChI is InChI=1S/C22H25ClN2O4/c1-13(2)9-18(25-12-14-7-5-6-8-15(14)22(25)27)21(26)24-17-10-16(23)19(28-3)11-20(17)29-4/h5-8,10-11,13,18H,9,12H2,1-4H3,(H,24,26). The second kappa shape index (κ2) is 8.74. The lowest BCUT2D eigenvalue weighted by Crippen LogP contribution is -2.45. The van der Waals surface area contributed by atoms with Crippen molar-refractivity contribution in [3.05, 3.63) is 52.5 Å². The number of ether oxygens (including phenoxy) is 2.